The summed E-state index contributed by atoms with van der Waals surface area (Å²) >= 11 is 0. The molecule has 7 heteroatoms. The number of anilines is 1. The lowest BCUT2D eigenvalue weighted by Crippen LogP contribution is -2.48. The fourth-order valence-electron chi connectivity index (χ4n) is 2.31. The van der Waals surface area contributed by atoms with E-state index in [-0.39, 0.29) is 6.54 Å². The summed E-state index contributed by atoms with van der Waals surface area (Å²) < 4.78 is 1.73. The molecular formula is C12H15N5O2. The van der Waals surface area contributed by atoms with Crippen LogP contribution in [0.3, 0.4) is 0 Å². The Labute approximate surface area is 110 Å². The predicted molar refractivity (Wildman–Crippen MR) is 69.3 cm³/mol. The third-order valence-electron chi connectivity index (χ3n) is 3.30. The minimum Gasteiger partial charge on any atom is -0.480 e. The molecule has 2 aromatic rings. The van der Waals surface area contributed by atoms with Gasteiger partial charge in [-0.3, -0.25) is 9.69 Å². The van der Waals surface area contributed by atoms with Gasteiger partial charge in [-0.05, 0) is 6.07 Å². The maximum Gasteiger partial charge on any atom is 0.317 e. The molecule has 3 rings (SSSR count). The third kappa shape index (κ3) is 2.50. The molecule has 0 amide bonds. The number of hydrogen-bond acceptors (Lipinski definition) is 5. The molecule has 1 N–H and O–H groups in total. The number of aliphatic carboxylic acids is 1. The Balaban J connectivity index is 1.69. The summed E-state index contributed by atoms with van der Waals surface area (Å²) in [4.78, 5) is 19.3. The van der Waals surface area contributed by atoms with Crippen LogP contribution < -0.4 is 4.90 Å². The van der Waals surface area contributed by atoms with Crippen LogP contribution in [-0.4, -0.2) is 63.3 Å². The van der Waals surface area contributed by atoms with Gasteiger partial charge in [-0.2, -0.15) is 5.10 Å². The minimum absolute atomic E-state index is 0.114. The van der Waals surface area contributed by atoms with Gasteiger partial charge >= 0.3 is 5.97 Å². The molecule has 0 aliphatic carbocycles. The van der Waals surface area contributed by atoms with Gasteiger partial charge in [-0.1, -0.05) is 0 Å². The quantitative estimate of drug-likeness (QED) is 0.834. The molecule has 19 heavy (non-hydrogen) atoms. The predicted octanol–water partition coefficient (Wildman–Crippen LogP) is -0.0641. The van der Waals surface area contributed by atoms with Gasteiger partial charge in [0.05, 0.1) is 12.7 Å². The SMILES string of the molecule is O=C(O)CN1CCN(c2ccn3nccc3n2)CC1. The largest absolute Gasteiger partial charge is 0.480 e. The summed E-state index contributed by atoms with van der Waals surface area (Å²) in [6.07, 6.45) is 3.61. The monoisotopic (exact) mass is 261 g/mol. The van der Waals surface area contributed by atoms with Crippen molar-refractivity contribution in [3.8, 4) is 0 Å². The topological polar surface area (TPSA) is 74.0 Å². The van der Waals surface area contributed by atoms with Gasteiger partial charge in [-0.15, -0.1) is 0 Å². The summed E-state index contributed by atoms with van der Waals surface area (Å²) in [6.45, 7) is 3.20. The van der Waals surface area contributed by atoms with Crippen molar-refractivity contribution in [3.63, 3.8) is 0 Å². The molecule has 0 atom stereocenters. The van der Waals surface area contributed by atoms with Gasteiger partial charge in [0.15, 0.2) is 5.65 Å². The number of hydrogen-bond donors (Lipinski definition) is 1. The second kappa shape index (κ2) is 4.85. The van der Waals surface area contributed by atoms with Crippen LogP contribution in [0.4, 0.5) is 5.82 Å². The van der Waals surface area contributed by atoms with Crippen LogP contribution in [0.5, 0.6) is 0 Å². The summed E-state index contributed by atoms with van der Waals surface area (Å²) in [6, 6.07) is 3.80. The van der Waals surface area contributed by atoms with E-state index in [4.69, 9.17) is 5.11 Å². The van der Waals surface area contributed by atoms with E-state index in [2.05, 4.69) is 15.0 Å². The van der Waals surface area contributed by atoms with Crippen LogP contribution in [0.2, 0.25) is 0 Å². The summed E-state index contributed by atoms with van der Waals surface area (Å²) in [7, 11) is 0. The fraction of sp³-hybridized carbons (Fsp3) is 0.417. The molecule has 1 aliphatic heterocycles. The Morgan fingerprint density at radius 2 is 2.05 bits per heavy atom. The molecule has 1 saturated heterocycles. The lowest BCUT2D eigenvalue weighted by Gasteiger charge is -2.34. The van der Waals surface area contributed by atoms with E-state index in [9.17, 15) is 4.79 Å². The second-order valence-corrected chi connectivity index (χ2v) is 4.58. The van der Waals surface area contributed by atoms with Gasteiger partial charge in [0, 0.05) is 38.4 Å². The van der Waals surface area contributed by atoms with E-state index in [1.165, 1.54) is 0 Å². The first kappa shape index (κ1) is 11.9. The Morgan fingerprint density at radius 1 is 1.26 bits per heavy atom. The summed E-state index contributed by atoms with van der Waals surface area (Å²) in [5.41, 5.74) is 0.825. The van der Waals surface area contributed by atoms with Crippen molar-refractivity contribution in [1.29, 1.82) is 0 Å². The first-order chi connectivity index (χ1) is 9.22. The Bertz CT molecular complexity index is 589. The number of aromatic nitrogens is 3. The molecule has 3 heterocycles. The molecule has 0 spiro atoms. The van der Waals surface area contributed by atoms with E-state index in [1.54, 1.807) is 10.7 Å². The maximum atomic E-state index is 10.7. The highest BCUT2D eigenvalue weighted by Gasteiger charge is 2.19. The fourth-order valence-corrected chi connectivity index (χ4v) is 2.31. The molecule has 0 bridgehead atoms. The highest BCUT2D eigenvalue weighted by molar-refractivity contribution is 5.69. The van der Waals surface area contributed by atoms with Crippen LogP contribution in [0.25, 0.3) is 5.65 Å². The molecule has 1 aliphatic rings. The zero-order chi connectivity index (χ0) is 13.2. The molecule has 1 fully saturated rings. The van der Waals surface area contributed by atoms with Gasteiger partial charge in [0.2, 0.25) is 0 Å². The summed E-state index contributed by atoms with van der Waals surface area (Å²) in [5, 5.41) is 12.9. The smallest absolute Gasteiger partial charge is 0.317 e. The molecule has 0 saturated carbocycles. The molecule has 0 unspecified atom stereocenters. The number of nitrogens with zero attached hydrogens (tertiary/aromatic N) is 5. The van der Waals surface area contributed by atoms with Crippen molar-refractivity contribution >= 4 is 17.4 Å². The number of carboxylic acid groups (broad SMARTS) is 1. The minimum atomic E-state index is -0.771. The van der Waals surface area contributed by atoms with E-state index < -0.39 is 5.97 Å². The van der Waals surface area contributed by atoms with Crippen molar-refractivity contribution in [2.24, 2.45) is 0 Å². The molecule has 2 aromatic heterocycles. The third-order valence-corrected chi connectivity index (χ3v) is 3.30. The van der Waals surface area contributed by atoms with Crippen molar-refractivity contribution in [2.75, 3.05) is 37.6 Å². The van der Waals surface area contributed by atoms with E-state index in [1.807, 2.05) is 23.2 Å². The van der Waals surface area contributed by atoms with Crippen LogP contribution >= 0.6 is 0 Å². The van der Waals surface area contributed by atoms with Crippen LogP contribution in [0, 0.1) is 0 Å². The second-order valence-electron chi connectivity index (χ2n) is 4.58. The van der Waals surface area contributed by atoms with Crippen LogP contribution in [0.15, 0.2) is 24.5 Å². The number of carbonyl (C=O) groups is 1. The Kier molecular flexibility index (Phi) is 3.04. The first-order valence-electron chi connectivity index (χ1n) is 6.22. The van der Waals surface area contributed by atoms with Crippen molar-refractivity contribution in [1.82, 2.24) is 19.5 Å². The molecule has 0 aromatic carbocycles. The molecule has 0 radical (unpaired) electrons. The normalized spacial score (nSPS) is 16.9. The van der Waals surface area contributed by atoms with E-state index in [0.29, 0.717) is 0 Å². The van der Waals surface area contributed by atoms with Gasteiger partial charge in [-0.25, -0.2) is 9.50 Å². The number of rotatable bonds is 3. The lowest BCUT2D eigenvalue weighted by molar-refractivity contribution is -0.138. The van der Waals surface area contributed by atoms with Gasteiger partial charge < -0.3 is 10.0 Å². The van der Waals surface area contributed by atoms with Crippen LogP contribution in [0.1, 0.15) is 0 Å². The average Bonchev–Trinajstić information content (AvgIpc) is 2.86. The standard InChI is InChI=1S/C12H15N5O2/c18-12(19)9-15-5-7-16(8-6-15)10-2-4-17-11(14-10)1-3-13-17/h1-4H,5-9H2,(H,18,19). The highest BCUT2D eigenvalue weighted by Crippen LogP contribution is 2.14. The molecular weight excluding hydrogens is 246 g/mol. The number of piperazine rings is 1. The van der Waals surface area contributed by atoms with Crippen LogP contribution in [-0.2, 0) is 4.79 Å². The number of carboxylic acids is 1. The first-order valence-corrected chi connectivity index (χ1v) is 6.22. The van der Waals surface area contributed by atoms with E-state index >= 15 is 0 Å². The Hall–Kier alpha value is -2.15. The van der Waals surface area contributed by atoms with Gasteiger partial charge in [0.1, 0.15) is 5.82 Å². The average molecular weight is 261 g/mol. The molecule has 7 nitrogen and oxygen atoms in total. The zero-order valence-corrected chi connectivity index (χ0v) is 10.4. The summed E-state index contributed by atoms with van der Waals surface area (Å²) in [5.74, 6) is 0.148. The lowest BCUT2D eigenvalue weighted by atomic mass is 10.3. The van der Waals surface area contributed by atoms with Gasteiger partial charge in [0.25, 0.3) is 0 Å². The highest BCUT2D eigenvalue weighted by atomic mass is 16.4. The van der Waals surface area contributed by atoms with Crippen molar-refractivity contribution in [3.05, 3.63) is 24.5 Å². The zero-order valence-electron chi connectivity index (χ0n) is 10.4. The number of fused-ring (bicyclic) bond motifs is 1. The maximum absolute atomic E-state index is 10.7. The van der Waals surface area contributed by atoms with Crippen molar-refractivity contribution < 1.29 is 9.90 Å². The van der Waals surface area contributed by atoms with E-state index in [0.717, 1.165) is 37.6 Å². The Morgan fingerprint density at radius 3 is 2.79 bits per heavy atom. The molecule has 100 valence electrons. The van der Waals surface area contributed by atoms with Crippen molar-refractivity contribution in [2.45, 2.75) is 0 Å².